The molecule has 1 aliphatic heterocycles. The molecular formula is C19H27ClN2O. The van der Waals surface area contributed by atoms with Crippen molar-refractivity contribution in [3.05, 3.63) is 47.5 Å². The molecule has 3 nitrogen and oxygen atoms in total. The molecule has 4 heteroatoms. The van der Waals surface area contributed by atoms with Crippen molar-refractivity contribution < 1.29 is 4.79 Å². The van der Waals surface area contributed by atoms with Crippen LogP contribution >= 0.6 is 11.6 Å². The van der Waals surface area contributed by atoms with Crippen LogP contribution in [0.25, 0.3) is 0 Å². The number of likely N-dealkylation sites (N-methyl/N-ethyl adjacent to an activating group) is 1. The summed E-state index contributed by atoms with van der Waals surface area (Å²) >= 11 is 6.02. The van der Waals surface area contributed by atoms with E-state index in [0.717, 1.165) is 37.3 Å². The number of carbonyl (C=O) groups is 1. The first-order valence-electron chi connectivity index (χ1n) is 8.45. The summed E-state index contributed by atoms with van der Waals surface area (Å²) in [5.41, 5.74) is 1.18. The molecule has 0 saturated carbocycles. The molecule has 1 aromatic carbocycles. The number of likely N-dealkylation sites (tertiary alicyclic amines) is 1. The monoisotopic (exact) mass is 334 g/mol. The predicted molar refractivity (Wildman–Crippen MR) is 96.6 cm³/mol. The van der Waals surface area contributed by atoms with Crippen LogP contribution in [0.3, 0.4) is 0 Å². The zero-order valence-corrected chi connectivity index (χ0v) is 14.9. The third-order valence-corrected chi connectivity index (χ3v) is 4.99. The minimum Gasteiger partial charge on any atom is -0.331 e. The summed E-state index contributed by atoms with van der Waals surface area (Å²) in [5, 5.41) is 3.96. The predicted octanol–water partition coefficient (Wildman–Crippen LogP) is 4.19. The summed E-state index contributed by atoms with van der Waals surface area (Å²) in [4.78, 5) is 15.2. The van der Waals surface area contributed by atoms with Gasteiger partial charge in [-0.25, -0.2) is 0 Å². The maximum atomic E-state index is 13.1. The molecule has 0 bridgehead atoms. The Morgan fingerprint density at radius 1 is 1.39 bits per heavy atom. The van der Waals surface area contributed by atoms with Gasteiger partial charge in [-0.3, -0.25) is 4.79 Å². The van der Waals surface area contributed by atoms with Gasteiger partial charge >= 0.3 is 0 Å². The summed E-state index contributed by atoms with van der Waals surface area (Å²) in [5.74, 6) is 0.333. The van der Waals surface area contributed by atoms with E-state index in [0.29, 0.717) is 0 Å². The van der Waals surface area contributed by atoms with Crippen molar-refractivity contribution in [1.29, 1.82) is 0 Å². The second-order valence-electron chi connectivity index (χ2n) is 6.23. The lowest BCUT2D eigenvalue weighted by Crippen LogP contribution is -2.51. The quantitative estimate of drug-likeness (QED) is 0.758. The lowest BCUT2D eigenvalue weighted by molar-refractivity contribution is -0.145. The number of amides is 1. The Hall–Kier alpha value is -1.32. The smallest absolute Gasteiger partial charge is 0.226 e. The van der Waals surface area contributed by atoms with Crippen molar-refractivity contribution in [3.63, 3.8) is 0 Å². The number of nitrogens with zero attached hydrogens (tertiary/aromatic N) is 1. The van der Waals surface area contributed by atoms with E-state index in [2.05, 4.69) is 23.7 Å². The highest BCUT2D eigenvalue weighted by Gasteiger charge is 2.38. The fraction of sp³-hybridized carbons (Fsp3) is 0.526. The third-order valence-electron chi connectivity index (χ3n) is 4.74. The first-order valence-corrected chi connectivity index (χ1v) is 8.83. The topological polar surface area (TPSA) is 32.3 Å². The van der Waals surface area contributed by atoms with E-state index >= 15 is 0 Å². The Morgan fingerprint density at radius 3 is 2.65 bits per heavy atom. The Labute approximate surface area is 144 Å². The summed E-state index contributed by atoms with van der Waals surface area (Å²) in [6.07, 6.45) is 5.48. The number of nitrogens with one attached hydrogen (secondary N) is 1. The van der Waals surface area contributed by atoms with E-state index in [1.165, 1.54) is 5.56 Å². The fourth-order valence-corrected chi connectivity index (χ4v) is 3.65. The van der Waals surface area contributed by atoms with Crippen LogP contribution in [0.15, 0.2) is 36.9 Å². The first-order chi connectivity index (χ1) is 11.1. The van der Waals surface area contributed by atoms with Gasteiger partial charge in [-0.1, -0.05) is 36.7 Å². The molecule has 0 radical (unpaired) electrons. The highest BCUT2D eigenvalue weighted by molar-refractivity contribution is 6.30. The van der Waals surface area contributed by atoms with Crippen LogP contribution in [0.2, 0.25) is 5.02 Å². The number of piperidine rings is 1. The number of rotatable bonds is 7. The average Bonchev–Trinajstić information content (AvgIpc) is 2.56. The minimum absolute atomic E-state index is 0.0713. The zero-order chi connectivity index (χ0) is 16.8. The van der Waals surface area contributed by atoms with E-state index in [1.54, 1.807) is 0 Å². The summed E-state index contributed by atoms with van der Waals surface area (Å²) < 4.78 is 0. The Bertz CT molecular complexity index is 529. The van der Waals surface area contributed by atoms with Gasteiger partial charge in [0.1, 0.15) is 0 Å². The van der Waals surface area contributed by atoms with E-state index in [-0.39, 0.29) is 23.9 Å². The molecule has 2 rings (SSSR count). The molecule has 1 amide bonds. The van der Waals surface area contributed by atoms with Crippen LogP contribution in [0.5, 0.6) is 0 Å². The van der Waals surface area contributed by atoms with Crippen molar-refractivity contribution in [2.75, 3.05) is 13.6 Å². The zero-order valence-electron chi connectivity index (χ0n) is 14.1. The molecular weight excluding hydrogens is 308 g/mol. The summed E-state index contributed by atoms with van der Waals surface area (Å²) in [7, 11) is 1.94. The number of benzene rings is 1. The van der Waals surface area contributed by atoms with Gasteiger partial charge in [0, 0.05) is 23.5 Å². The SMILES string of the molecule is C=CC[C@H]1CCC(c2ccc(Cl)cc2)N(C(CC)CNC)C1=O. The van der Waals surface area contributed by atoms with Crippen LogP contribution in [-0.4, -0.2) is 30.4 Å². The fourth-order valence-electron chi connectivity index (χ4n) is 3.53. The molecule has 1 heterocycles. The van der Waals surface area contributed by atoms with Crippen LogP contribution in [0.1, 0.15) is 44.2 Å². The highest BCUT2D eigenvalue weighted by atomic mass is 35.5. The molecule has 1 aromatic rings. The second kappa shape index (κ2) is 8.51. The maximum absolute atomic E-state index is 13.1. The number of halogens is 1. The number of hydrogen-bond donors (Lipinski definition) is 1. The molecule has 2 unspecified atom stereocenters. The molecule has 23 heavy (non-hydrogen) atoms. The number of hydrogen-bond acceptors (Lipinski definition) is 2. The molecule has 0 aromatic heterocycles. The van der Waals surface area contributed by atoms with Gasteiger partial charge < -0.3 is 10.2 Å². The van der Waals surface area contributed by atoms with Crippen molar-refractivity contribution in [3.8, 4) is 0 Å². The van der Waals surface area contributed by atoms with Gasteiger partial charge in [0.15, 0.2) is 0 Å². The third kappa shape index (κ3) is 4.15. The molecule has 1 aliphatic rings. The van der Waals surface area contributed by atoms with Gasteiger partial charge in [-0.05, 0) is 50.4 Å². The number of carbonyl (C=O) groups excluding carboxylic acids is 1. The second-order valence-corrected chi connectivity index (χ2v) is 6.67. The van der Waals surface area contributed by atoms with E-state index in [1.807, 2.05) is 37.4 Å². The minimum atomic E-state index is 0.0713. The Kier molecular flexibility index (Phi) is 6.67. The summed E-state index contributed by atoms with van der Waals surface area (Å²) in [6.45, 7) is 6.76. The lowest BCUT2D eigenvalue weighted by atomic mass is 9.85. The normalized spacial score (nSPS) is 22.9. The standard InChI is InChI=1S/C19H27ClN2O/c1-4-6-15-9-12-18(14-7-10-16(20)11-8-14)22(19(15)23)17(5-2)13-21-3/h4,7-8,10-11,15,17-18,21H,1,5-6,9,12-13H2,2-3H3/t15-,17?,18?/m0/s1. The molecule has 0 aliphatic carbocycles. The van der Waals surface area contributed by atoms with Gasteiger partial charge in [0.25, 0.3) is 0 Å². The maximum Gasteiger partial charge on any atom is 0.226 e. The van der Waals surface area contributed by atoms with Gasteiger partial charge in [0.05, 0.1) is 6.04 Å². The molecule has 1 saturated heterocycles. The Balaban J connectivity index is 2.32. The van der Waals surface area contributed by atoms with Crippen molar-refractivity contribution in [2.24, 2.45) is 5.92 Å². The molecule has 1 N–H and O–H groups in total. The van der Waals surface area contributed by atoms with Gasteiger partial charge in [0.2, 0.25) is 5.91 Å². The van der Waals surface area contributed by atoms with Crippen LogP contribution in [0.4, 0.5) is 0 Å². The van der Waals surface area contributed by atoms with Crippen molar-refractivity contribution in [2.45, 2.75) is 44.7 Å². The summed E-state index contributed by atoms with van der Waals surface area (Å²) in [6, 6.07) is 8.27. The van der Waals surface area contributed by atoms with E-state index in [9.17, 15) is 4.79 Å². The van der Waals surface area contributed by atoms with E-state index in [4.69, 9.17) is 11.6 Å². The van der Waals surface area contributed by atoms with E-state index < -0.39 is 0 Å². The average molecular weight is 335 g/mol. The number of allylic oxidation sites excluding steroid dienone is 1. The highest BCUT2D eigenvalue weighted by Crippen LogP contribution is 2.37. The lowest BCUT2D eigenvalue weighted by Gasteiger charge is -2.44. The Morgan fingerprint density at radius 2 is 2.09 bits per heavy atom. The molecule has 1 fully saturated rings. The molecule has 126 valence electrons. The van der Waals surface area contributed by atoms with Crippen LogP contribution in [-0.2, 0) is 4.79 Å². The van der Waals surface area contributed by atoms with Crippen LogP contribution in [0, 0.1) is 5.92 Å². The van der Waals surface area contributed by atoms with Crippen molar-refractivity contribution >= 4 is 17.5 Å². The van der Waals surface area contributed by atoms with Gasteiger partial charge in [-0.15, -0.1) is 6.58 Å². The van der Waals surface area contributed by atoms with Crippen molar-refractivity contribution in [1.82, 2.24) is 10.2 Å². The molecule has 3 atom stereocenters. The first kappa shape index (κ1) is 18.0. The largest absolute Gasteiger partial charge is 0.331 e. The molecule has 0 spiro atoms. The van der Waals surface area contributed by atoms with Crippen LogP contribution < -0.4 is 5.32 Å². The van der Waals surface area contributed by atoms with Gasteiger partial charge in [-0.2, -0.15) is 0 Å².